The van der Waals surface area contributed by atoms with Crippen LogP contribution in [0, 0.1) is 5.92 Å². The van der Waals surface area contributed by atoms with Crippen molar-refractivity contribution in [1.29, 1.82) is 0 Å². The summed E-state index contributed by atoms with van der Waals surface area (Å²) in [4.78, 5) is 28.2. The average Bonchev–Trinajstić information content (AvgIpc) is 2.91. The lowest BCUT2D eigenvalue weighted by atomic mass is 10.1. The van der Waals surface area contributed by atoms with E-state index < -0.39 is 28.5 Å². The molecule has 11 heteroatoms. The van der Waals surface area contributed by atoms with Crippen molar-refractivity contribution in [1.82, 2.24) is 10.2 Å². The molecule has 1 atom stereocenters. The lowest BCUT2D eigenvalue weighted by molar-refractivity contribution is -0.139. The summed E-state index contributed by atoms with van der Waals surface area (Å²) < 4.78 is 28.5. The fourth-order valence-corrected chi connectivity index (χ4v) is 5.85. The Kier molecular flexibility index (Phi) is 10.7. The maximum absolute atomic E-state index is 13.9. The molecule has 3 aromatic carbocycles. The Labute approximate surface area is 244 Å². The van der Waals surface area contributed by atoms with Crippen LogP contribution >= 0.6 is 34.8 Å². The van der Waals surface area contributed by atoms with Gasteiger partial charge in [-0.25, -0.2) is 8.42 Å². The Bertz CT molecular complexity index is 1420. The molecule has 2 amide bonds. The van der Waals surface area contributed by atoms with Crippen LogP contribution in [0.4, 0.5) is 5.69 Å². The van der Waals surface area contributed by atoms with Crippen LogP contribution in [0.5, 0.6) is 0 Å². The van der Waals surface area contributed by atoms with Crippen LogP contribution in [0.1, 0.15) is 26.3 Å². The van der Waals surface area contributed by atoms with Crippen molar-refractivity contribution in [2.75, 3.05) is 17.4 Å². The minimum Gasteiger partial charge on any atom is -0.354 e. The smallest absolute Gasteiger partial charge is 0.264 e. The number of anilines is 1. The molecule has 3 rings (SSSR count). The summed E-state index contributed by atoms with van der Waals surface area (Å²) in [6, 6.07) is 18.3. The molecule has 0 radical (unpaired) electrons. The van der Waals surface area contributed by atoms with Crippen molar-refractivity contribution in [3.05, 3.63) is 93.4 Å². The molecule has 0 aromatic heterocycles. The summed E-state index contributed by atoms with van der Waals surface area (Å²) in [5.74, 6) is -0.801. The van der Waals surface area contributed by atoms with Gasteiger partial charge in [0.15, 0.2) is 0 Å². The van der Waals surface area contributed by atoms with Crippen LogP contribution < -0.4 is 9.62 Å². The first-order valence-electron chi connectivity index (χ1n) is 12.3. The number of nitrogens with zero attached hydrogens (tertiary/aromatic N) is 2. The van der Waals surface area contributed by atoms with Gasteiger partial charge in [-0.05, 0) is 48.7 Å². The highest BCUT2D eigenvalue weighted by atomic mass is 35.5. The highest BCUT2D eigenvalue weighted by Gasteiger charge is 2.33. The summed E-state index contributed by atoms with van der Waals surface area (Å²) >= 11 is 19.0. The number of hydrogen-bond donors (Lipinski definition) is 1. The number of nitrogens with one attached hydrogen (secondary N) is 1. The molecule has 0 saturated heterocycles. The third-order valence-corrected chi connectivity index (χ3v) is 8.91. The third-order valence-electron chi connectivity index (χ3n) is 5.96. The molecule has 1 N–H and O–H groups in total. The molecule has 1 unspecified atom stereocenters. The first-order chi connectivity index (χ1) is 18.4. The van der Waals surface area contributed by atoms with Gasteiger partial charge in [0, 0.05) is 18.1 Å². The summed E-state index contributed by atoms with van der Waals surface area (Å²) in [6.07, 6.45) is 0. The highest BCUT2D eigenvalue weighted by molar-refractivity contribution is 7.92. The Morgan fingerprint density at radius 2 is 1.46 bits per heavy atom. The van der Waals surface area contributed by atoms with E-state index in [0.29, 0.717) is 17.1 Å². The van der Waals surface area contributed by atoms with E-state index >= 15 is 0 Å². The quantitative estimate of drug-likeness (QED) is 0.287. The second-order valence-electron chi connectivity index (χ2n) is 9.33. The number of halogens is 3. The Hall–Kier alpha value is -2.78. The van der Waals surface area contributed by atoms with Gasteiger partial charge in [-0.3, -0.25) is 13.9 Å². The van der Waals surface area contributed by atoms with Crippen molar-refractivity contribution >= 4 is 62.3 Å². The van der Waals surface area contributed by atoms with E-state index in [4.69, 9.17) is 34.8 Å². The SMILES string of the molecule is CC(C)CNC(=O)C(C)N(Cc1ccccc1Cl)C(=O)CN(c1cccc(Cl)c1Cl)S(=O)(=O)c1ccccc1. The van der Waals surface area contributed by atoms with Crippen LogP contribution in [-0.2, 0) is 26.2 Å². The second-order valence-corrected chi connectivity index (χ2v) is 12.4. The third kappa shape index (κ3) is 7.66. The molecule has 7 nitrogen and oxygen atoms in total. The van der Waals surface area contributed by atoms with Gasteiger partial charge in [0.25, 0.3) is 10.0 Å². The molecule has 0 aliphatic carbocycles. The van der Waals surface area contributed by atoms with Gasteiger partial charge in [-0.1, -0.05) is 91.1 Å². The second kappa shape index (κ2) is 13.5. The van der Waals surface area contributed by atoms with Gasteiger partial charge in [0.05, 0.1) is 20.6 Å². The van der Waals surface area contributed by atoms with Crippen LogP contribution in [0.2, 0.25) is 15.1 Å². The Balaban J connectivity index is 2.05. The maximum Gasteiger partial charge on any atom is 0.264 e. The van der Waals surface area contributed by atoms with Crippen molar-refractivity contribution < 1.29 is 18.0 Å². The molecule has 0 saturated carbocycles. The van der Waals surface area contributed by atoms with E-state index in [1.807, 2.05) is 13.8 Å². The zero-order valence-electron chi connectivity index (χ0n) is 21.8. The number of amides is 2. The van der Waals surface area contributed by atoms with Crippen molar-refractivity contribution in [3.8, 4) is 0 Å². The molecule has 0 fully saturated rings. The predicted octanol–water partition coefficient (Wildman–Crippen LogP) is 6.03. The molecule has 3 aromatic rings. The van der Waals surface area contributed by atoms with E-state index in [0.717, 1.165) is 4.31 Å². The summed E-state index contributed by atoms with van der Waals surface area (Å²) in [6.45, 7) is 5.27. The number of sulfonamides is 1. The lowest BCUT2D eigenvalue weighted by Crippen LogP contribution is -2.51. The minimum atomic E-state index is -4.25. The van der Waals surface area contributed by atoms with Gasteiger partial charge in [-0.15, -0.1) is 0 Å². The number of carbonyl (C=O) groups excluding carboxylic acids is 2. The van der Waals surface area contributed by atoms with Crippen molar-refractivity contribution in [3.63, 3.8) is 0 Å². The molecular weight excluding hydrogens is 581 g/mol. The van der Waals surface area contributed by atoms with E-state index in [-0.39, 0.29) is 39.0 Å². The monoisotopic (exact) mass is 609 g/mol. The largest absolute Gasteiger partial charge is 0.354 e. The maximum atomic E-state index is 13.9. The molecule has 0 aliphatic heterocycles. The van der Waals surface area contributed by atoms with Crippen molar-refractivity contribution in [2.24, 2.45) is 5.92 Å². The van der Waals surface area contributed by atoms with E-state index in [2.05, 4.69) is 5.32 Å². The lowest BCUT2D eigenvalue weighted by Gasteiger charge is -2.32. The Morgan fingerprint density at radius 3 is 2.10 bits per heavy atom. The van der Waals surface area contributed by atoms with Crippen LogP contribution in [0.15, 0.2) is 77.7 Å². The topological polar surface area (TPSA) is 86.8 Å². The summed E-state index contributed by atoms with van der Waals surface area (Å²) in [5, 5.41) is 3.36. The Morgan fingerprint density at radius 1 is 0.846 bits per heavy atom. The summed E-state index contributed by atoms with van der Waals surface area (Å²) in [7, 11) is -4.25. The van der Waals surface area contributed by atoms with Crippen LogP contribution in [0.3, 0.4) is 0 Å². The first-order valence-corrected chi connectivity index (χ1v) is 14.8. The van der Waals surface area contributed by atoms with E-state index in [9.17, 15) is 18.0 Å². The molecule has 0 aliphatic rings. The molecule has 0 spiro atoms. The van der Waals surface area contributed by atoms with Gasteiger partial charge >= 0.3 is 0 Å². The minimum absolute atomic E-state index is 0.0166. The number of carbonyl (C=O) groups is 2. The fourth-order valence-electron chi connectivity index (χ4n) is 3.76. The number of hydrogen-bond acceptors (Lipinski definition) is 4. The van der Waals surface area contributed by atoms with Crippen LogP contribution in [-0.4, -0.2) is 44.3 Å². The predicted molar refractivity (Wildman–Crippen MR) is 157 cm³/mol. The molecule has 0 heterocycles. The van der Waals surface area contributed by atoms with Crippen molar-refractivity contribution in [2.45, 2.75) is 38.3 Å². The van der Waals surface area contributed by atoms with E-state index in [1.54, 1.807) is 55.5 Å². The zero-order valence-corrected chi connectivity index (χ0v) is 24.9. The highest BCUT2D eigenvalue weighted by Crippen LogP contribution is 2.35. The van der Waals surface area contributed by atoms with Gasteiger partial charge in [0.1, 0.15) is 12.6 Å². The van der Waals surface area contributed by atoms with Gasteiger partial charge in [-0.2, -0.15) is 0 Å². The number of benzene rings is 3. The average molecular weight is 611 g/mol. The van der Waals surface area contributed by atoms with Gasteiger partial charge in [0.2, 0.25) is 11.8 Å². The first kappa shape index (κ1) is 30.8. The van der Waals surface area contributed by atoms with E-state index in [1.165, 1.54) is 29.2 Å². The van der Waals surface area contributed by atoms with Gasteiger partial charge < -0.3 is 10.2 Å². The summed E-state index contributed by atoms with van der Waals surface area (Å²) in [5.41, 5.74) is 0.644. The normalized spacial score (nSPS) is 12.2. The molecular formula is C28H30Cl3N3O4S. The molecule has 0 bridgehead atoms. The zero-order chi connectivity index (χ0) is 28.7. The standard InChI is InChI=1S/C28H30Cl3N3O4S/c1-19(2)16-32-28(36)20(3)33(17-21-10-7-8-13-23(21)29)26(35)18-34(25-15-9-14-24(30)27(25)31)39(37,38)22-11-5-4-6-12-22/h4-15,19-20H,16-18H2,1-3H3,(H,32,36). The van der Waals surface area contributed by atoms with Crippen LogP contribution in [0.25, 0.3) is 0 Å². The molecule has 208 valence electrons. The number of rotatable bonds is 11. The molecule has 39 heavy (non-hydrogen) atoms. The fraction of sp³-hybridized carbons (Fsp3) is 0.286.